The van der Waals surface area contributed by atoms with Crippen LogP contribution in [0.2, 0.25) is 0 Å². The van der Waals surface area contributed by atoms with Gasteiger partial charge in [0.05, 0.1) is 11.6 Å². The number of aromatic carboxylic acids is 1. The van der Waals surface area contributed by atoms with Gasteiger partial charge in [0.25, 0.3) is 0 Å². The summed E-state index contributed by atoms with van der Waals surface area (Å²) in [4.78, 5) is 23.2. The largest absolute Gasteiger partial charge is 0.477 e. The van der Waals surface area contributed by atoms with Crippen molar-refractivity contribution in [2.45, 2.75) is 31.8 Å². The Bertz CT molecular complexity index is 659. The Morgan fingerprint density at radius 2 is 2.21 bits per heavy atom. The quantitative estimate of drug-likeness (QED) is 0.857. The number of pyridine rings is 1. The topological polar surface area (TPSA) is 71.3 Å². The first-order chi connectivity index (χ1) is 8.99. The van der Waals surface area contributed by atoms with Crippen LogP contribution in [0.1, 0.15) is 41.7 Å². The van der Waals surface area contributed by atoms with Crippen molar-refractivity contribution >= 4 is 17.9 Å². The summed E-state index contributed by atoms with van der Waals surface area (Å²) in [6, 6.07) is -0.311. The molecule has 2 N–H and O–H groups in total. The van der Waals surface area contributed by atoms with Crippen molar-refractivity contribution in [1.82, 2.24) is 4.57 Å². The highest BCUT2D eigenvalue weighted by Gasteiger charge is 2.31. The van der Waals surface area contributed by atoms with Crippen molar-refractivity contribution in [1.29, 1.82) is 0 Å². The van der Waals surface area contributed by atoms with Crippen LogP contribution < -0.4 is 10.7 Å². The fourth-order valence-electron chi connectivity index (χ4n) is 2.27. The standard InChI is InChI=1S/C13H13FN2O3/c1-6-10(14)4-8-11(17)9(13(18)19)5-16(7-2-3-7)12(8)15-6/h4-7,15H,2-3H2,1H3,(H,18,19). The average molecular weight is 264 g/mol. The summed E-state index contributed by atoms with van der Waals surface area (Å²) in [5.41, 5.74) is -0.859. The van der Waals surface area contributed by atoms with Gasteiger partial charge in [-0.1, -0.05) is 0 Å². The summed E-state index contributed by atoms with van der Waals surface area (Å²) in [6.07, 6.45) is 4.38. The molecular formula is C13H13FN2O3. The van der Waals surface area contributed by atoms with E-state index in [-0.39, 0.29) is 17.2 Å². The van der Waals surface area contributed by atoms with Gasteiger partial charge in [-0.05, 0) is 25.8 Å². The average Bonchev–Trinajstić information content (AvgIpc) is 3.16. The summed E-state index contributed by atoms with van der Waals surface area (Å²) in [6.45, 7) is 1.65. The molecule has 1 aromatic rings. The molecule has 2 aliphatic rings. The van der Waals surface area contributed by atoms with Gasteiger partial charge in [0.15, 0.2) is 0 Å². The number of halogens is 1. The zero-order valence-corrected chi connectivity index (χ0v) is 10.3. The van der Waals surface area contributed by atoms with Crippen molar-refractivity contribution in [2.75, 3.05) is 5.32 Å². The molecule has 5 nitrogen and oxygen atoms in total. The molecule has 0 saturated heterocycles. The van der Waals surface area contributed by atoms with Gasteiger partial charge >= 0.3 is 5.97 Å². The highest BCUT2D eigenvalue weighted by atomic mass is 19.1. The summed E-state index contributed by atoms with van der Waals surface area (Å²) >= 11 is 0. The van der Waals surface area contributed by atoms with Crippen molar-refractivity contribution in [3.8, 4) is 0 Å². The van der Waals surface area contributed by atoms with Crippen LogP contribution in [0.15, 0.2) is 16.8 Å². The minimum atomic E-state index is -1.28. The second kappa shape index (κ2) is 3.94. The van der Waals surface area contributed by atoms with Crippen LogP contribution in [0, 0.1) is 0 Å². The highest BCUT2D eigenvalue weighted by molar-refractivity contribution is 5.89. The third-order valence-electron chi connectivity index (χ3n) is 3.49. The van der Waals surface area contributed by atoms with Crippen molar-refractivity contribution in [3.63, 3.8) is 0 Å². The van der Waals surface area contributed by atoms with Crippen LogP contribution in [0.25, 0.3) is 6.08 Å². The smallest absolute Gasteiger partial charge is 0.341 e. The molecule has 1 unspecified atom stereocenters. The predicted molar refractivity (Wildman–Crippen MR) is 68.1 cm³/mol. The normalized spacial score (nSPS) is 21.4. The van der Waals surface area contributed by atoms with Crippen LogP contribution in [-0.2, 0) is 0 Å². The highest BCUT2D eigenvalue weighted by Crippen LogP contribution is 2.39. The molecule has 1 aliphatic heterocycles. The number of carboxylic acid groups (broad SMARTS) is 1. The first kappa shape index (κ1) is 12.0. The fourth-order valence-corrected chi connectivity index (χ4v) is 2.27. The predicted octanol–water partition coefficient (Wildman–Crippen LogP) is 2.01. The van der Waals surface area contributed by atoms with E-state index in [2.05, 4.69) is 5.32 Å². The lowest BCUT2D eigenvalue weighted by Gasteiger charge is -2.25. The number of hydrogen-bond acceptors (Lipinski definition) is 3. The van der Waals surface area contributed by atoms with E-state index in [0.717, 1.165) is 18.9 Å². The van der Waals surface area contributed by atoms with Gasteiger partial charge in [0.2, 0.25) is 5.43 Å². The molecule has 6 heteroatoms. The number of fused-ring (bicyclic) bond motifs is 1. The van der Waals surface area contributed by atoms with Gasteiger partial charge in [-0.2, -0.15) is 0 Å². The molecule has 1 fully saturated rings. The molecule has 1 atom stereocenters. The number of carbonyl (C=O) groups is 1. The van der Waals surface area contributed by atoms with E-state index in [9.17, 15) is 14.0 Å². The third kappa shape index (κ3) is 1.83. The Labute approximate surface area is 108 Å². The Morgan fingerprint density at radius 1 is 1.53 bits per heavy atom. The zero-order valence-electron chi connectivity index (χ0n) is 10.3. The molecule has 0 bridgehead atoms. The zero-order chi connectivity index (χ0) is 13.7. The van der Waals surface area contributed by atoms with Gasteiger partial charge in [0.1, 0.15) is 17.2 Å². The van der Waals surface area contributed by atoms with Gasteiger partial charge in [-0.15, -0.1) is 0 Å². The van der Waals surface area contributed by atoms with Crippen LogP contribution in [0.3, 0.4) is 0 Å². The monoisotopic (exact) mass is 264 g/mol. The SMILES string of the molecule is CC1Nc2c(c(=O)c(C(=O)O)cn2C2CC2)C=C1F. The molecule has 3 rings (SSSR count). The van der Waals surface area contributed by atoms with Crippen LogP contribution in [0.4, 0.5) is 10.2 Å². The van der Waals surface area contributed by atoms with Gasteiger partial charge in [-0.3, -0.25) is 4.79 Å². The lowest BCUT2D eigenvalue weighted by Crippen LogP contribution is -2.30. The molecule has 2 heterocycles. The number of anilines is 1. The first-order valence-electron chi connectivity index (χ1n) is 6.15. The molecule has 0 spiro atoms. The second-order valence-corrected chi connectivity index (χ2v) is 4.97. The number of rotatable bonds is 2. The van der Waals surface area contributed by atoms with E-state index in [1.165, 1.54) is 6.20 Å². The summed E-state index contributed by atoms with van der Waals surface area (Å²) < 4.78 is 15.4. The van der Waals surface area contributed by atoms with E-state index in [1.807, 2.05) is 0 Å². The van der Waals surface area contributed by atoms with Crippen molar-refractivity contribution < 1.29 is 14.3 Å². The summed E-state index contributed by atoms with van der Waals surface area (Å²) in [5, 5.41) is 12.0. The number of carboxylic acids is 1. The van der Waals surface area contributed by atoms with Crippen LogP contribution in [0.5, 0.6) is 0 Å². The lowest BCUT2D eigenvalue weighted by molar-refractivity contribution is 0.0694. The number of nitrogens with one attached hydrogen (secondary N) is 1. The lowest BCUT2D eigenvalue weighted by atomic mass is 10.1. The Hall–Kier alpha value is -2.11. The van der Waals surface area contributed by atoms with E-state index >= 15 is 0 Å². The van der Waals surface area contributed by atoms with Crippen LogP contribution >= 0.6 is 0 Å². The molecule has 1 aliphatic carbocycles. The van der Waals surface area contributed by atoms with Gasteiger partial charge < -0.3 is 15.0 Å². The van der Waals surface area contributed by atoms with E-state index in [1.54, 1.807) is 11.5 Å². The molecule has 1 aromatic heterocycles. The van der Waals surface area contributed by atoms with Crippen molar-refractivity contribution in [3.05, 3.63) is 33.4 Å². The first-order valence-corrected chi connectivity index (χ1v) is 6.15. The fraction of sp³-hybridized carbons (Fsp3) is 0.385. The van der Waals surface area contributed by atoms with E-state index < -0.39 is 23.3 Å². The van der Waals surface area contributed by atoms with Crippen LogP contribution in [-0.4, -0.2) is 21.7 Å². The second-order valence-electron chi connectivity index (χ2n) is 4.97. The number of hydrogen-bond donors (Lipinski definition) is 2. The van der Waals surface area contributed by atoms with Crippen molar-refractivity contribution in [2.24, 2.45) is 0 Å². The summed E-state index contributed by atoms with van der Waals surface area (Å²) in [5.74, 6) is -1.23. The van der Waals surface area contributed by atoms with Gasteiger partial charge in [-0.25, -0.2) is 9.18 Å². The van der Waals surface area contributed by atoms with Gasteiger partial charge in [0, 0.05) is 12.2 Å². The molecule has 0 amide bonds. The van der Waals surface area contributed by atoms with E-state index in [4.69, 9.17) is 5.11 Å². The Morgan fingerprint density at radius 3 is 2.79 bits per heavy atom. The third-order valence-corrected chi connectivity index (χ3v) is 3.49. The molecule has 19 heavy (non-hydrogen) atoms. The summed E-state index contributed by atoms with van der Waals surface area (Å²) in [7, 11) is 0. The number of nitrogens with zero attached hydrogens (tertiary/aromatic N) is 1. The Kier molecular flexibility index (Phi) is 2.48. The molecule has 100 valence electrons. The maximum Gasteiger partial charge on any atom is 0.341 e. The maximum atomic E-state index is 13.6. The molecule has 1 saturated carbocycles. The molecular weight excluding hydrogens is 251 g/mol. The minimum absolute atomic E-state index is 0.0994. The maximum absolute atomic E-state index is 13.6. The molecule has 0 aromatic carbocycles. The Balaban J connectivity index is 2.29. The minimum Gasteiger partial charge on any atom is -0.477 e. The van der Waals surface area contributed by atoms with E-state index in [0.29, 0.717) is 5.82 Å². The molecule has 0 radical (unpaired) electrons. The number of aromatic nitrogens is 1.